The molecule has 2 atom stereocenters. The van der Waals surface area contributed by atoms with E-state index in [9.17, 15) is 0 Å². The number of benzene rings is 4. The molecule has 0 fully saturated rings. The number of hydrogen-bond acceptors (Lipinski definition) is 3. The molecule has 156 valence electrons. The smallest absolute Gasteiger partial charge is 0.109 e. The topological polar surface area (TPSA) is 61.3 Å². The molecule has 31 heavy (non-hydrogen) atoms. The highest BCUT2D eigenvalue weighted by atomic mass is 16.5. The number of anilines is 2. The molecule has 2 unspecified atom stereocenters. The highest BCUT2D eigenvalue weighted by Gasteiger charge is 2.25. The number of hydrogen-bond donors (Lipinski definition) is 2. The summed E-state index contributed by atoms with van der Waals surface area (Å²) in [5.41, 5.74) is 20.2. The molecule has 4 N–H and O–H groups in total. The van der Waals surface area contributed by atoms with Crippen LogP contribution in [-0.4, -0.2) is 0 Å². The first kappa shape index (κ1) is 20.7. The molecule has 0 saturated heterocycles. The van der Waals surface area contributed by atoms with Crippen molar-refractivity contribution in [3.63, 3.8) is 0 Å². The van der Waals surface area contributed by atoms with Gasteiger partial charge in [-0.05, 0) is 71.5 Å². The number of nitrogens with two attached hydrogens (primary N) is 2. The largest absolute Gasteiger partial charge is 0.399 e. The van der Waals surface area contributed by atoms with Gasteiger partial charge in [0.25, 0.3) is 0 Å². The van der Waals surface area contributed by atoms with Crippen LogP contribution in [0.25, 0.3) is 0 Å². The first-order valence-electron chi connectivity index (χ1n) is 10.5. The number of ether oxygens (including phenoxy) is 1. The van der Waals surface area contributed by atoms with Crippen LogP contribution in [-0.2, 0) is 4.74 Å². The summed E-state index contributed by atoms with van der Waals surface area (Å²) in [6.07, 6.45) is -0.493. The van der Waals surface area contributed by atoms with Gasteiger partial charge in [-0.25, -0.2) is 0 Å². The molecule has 0 aromatic heterocycles. The first-order chi connectivity index (χ1) is 15.0. The van der Waals surface area contributed by atoms with Gasteiger partial charge in [0.15, 0.2) is 0 Å². The normalized spacial score (nSPS) is 13.0. The van der Waals surface area contributed by atoms with Gasteiger partial charge in [-0.1, -0.05) is 72.8 Å². The molecule has 3 heteroatoms. The third-order valence-electron chi connectivity index (χ3n) is 5.63. The van der Waals surface area contributed by atoms with Crippen LogP contribution in [0.5, 0.6) is 0 Å². The third-order valence-corrected chi connectivity index (χ3v) is 5.63. The number of rotatable bonds is 6. The molecule has 0 bridgehead atoms. The zero-order valence-electron chi connectivity index (χ0n) is 18.0. The molecule has 0 saturated carbocycles. The average Bonchev–Trinajstić information content (AvgIpc) is 2.77. The second-order valence-corrected chi connectivity index (χ2v) is 7.95. The summed E-state index contributed by atoms with van der Waals surface area (Å²) in [7, 11) is 0. The first-order valence-corrected chi connectivity index (χ1v) is 10.5. The predicted octanol–water partition coefficient (Wildman–Crippen LogP) is 6.36. The predicted molar refractivity (Wildman–Crippen MR) is 129 cm³/mol. The van der Waals surface area contributed by atoms with E-state index >= 15 is 0 Å². The van der Waals surface area contributed by atoms with Crippen molar-refractivity contribution < 1.29 is 4.74 Å². The van der Waals surface area contributed by atoms with E-state index in [0.717, 1.165) is 44.8 Å². The lowest BCUT2D eigenvalue weighted by Gasteiger charge is -2.28. The third kappa shape index (κ3) is 4.62. The quantitative estimate of drug-likeness (QED) is 0.365. The van der Waals surface area contributed by atoms with Gasteiger partial charge >= 0.3 is 0 Å². The van der Waals surface area contributed by atoms with Crippen molar-refractivity contribution in [2.75, 3.05) is 11.5 Å². The van der Waals surface area contributed by atoms with Gasteiger partial charge in [0.05, 0.1) is 0 Å². The summed E-state index contributed by atoms with van der Waals surface area (Å²) in [6.45, 7) is 4.16. The summed E-state index contributed by atoms with van der Waals surface area (Å²) in [5.74, 6) is 0. The van der Waals surface area contributed by atoms with E-state index in [-0.39, 0.29) is 12.2 Å². The molecule has 0 heterocycles. The van der Waals surface area contributed by atoms with Crippen molar-refractivity contribution in [1.29, 1.82) is 0 Å². The van der Waals surface area contributed by atoms with Gasteiger partial charge < -0.3 is 16.2 Å². The van der Waals surface area contributed by atoms with Crippen molar-refractivity contribution in [3.8, 4) is 0 Å². The van der Waals surface area contributed by atoms with Crippen LogP contribution >= 0.6 is 0 Å². The molecular weight excluding hydrogens is 380 g/mol. The molecule has 0 aliphatic carbocycles. The molecule has 3 nitrogen and oxygen atoms in total. The van der Waals surface area contributed by atoms with Crippen molar-refractivity contribution in [3.05, 3.63) is 130 Å². The molecule has 0 radical (unpaired) electrons. The van der Waals surface area contributed by atoms with Crippen molar-refractivity contribution in [2.45, 2.75) is 26.1 Å². The van der Waals surface area contributed by atoms with Crippen LogP contribution in [0.2, 0.25) is 0 Å². The second-order valence-electron chi connectivity index (χ2n) is 7.95. The Hall–Kier alpha value is -3.56. The Labute approximate surface area is 184 Å². The lowest BCUT2D eigenvalue weighted by atomic mass is 9.94. The Bertz CT molecular complexity index is 1060. The van der Waals surface area contributed by atoms with Gasteiger partial charge in [-0.2, -0.15) is 0 Å². The second kappa shape index (κ2) is 9.07. The fourth-order valence-corrected chi connectivity index (χ4v) is 4.04. The minimum atomic E-state index is -0.246. The Morgan fingerprint density at radius 3 is 1.29 bits per heavy atom. The minimum Gasteiger partial charge on any atom is -0.399 e. The monoisotopic (exact) mass is 408 g/mol. The van der Waals surface area contributed by atoms with E-state index in [2.05, 4.69) is 50.2 Å². The average molecular weight is 409 g/mol. The maximum Gasteiger partial charge on any atom is 0.109 e. The lowest BCUT2D eigenvalue weighted by molar-refractivity contribution is 0.0302. The fraction of sp³-hybridized carbons (Fsp3) is 0.143. The van der Waals surface area contributed by atoms with Gasteiger partial charge in [-0.3, -0.25) is 0 Å². The van der Waals surface area contributed by atoms with Crippen LogP contribution in [0.3, 0.4) is 0 Å². The van der Waals surface area contributed by atoms with E-state index in [0.29, 0.717) is 0 Å². The van der Waals surface area contributed by atoms with Gasteiger partial charge in [0, 0.05) is 11.4 Å². The summed E-state index contributed by atoms with van der Waals surface area (Å²) in [6, 6.07) is 32.7. The van der Waals surface area contributed by atoms with Crippen LogP contribution in [0, 0.1) is 13.8 Å². The zero-order valence-corrected chi connectivity index (χ0v) is 18.0. The Morgan fingerprint density at radius 2 is 0.935 bits per heavy atom. The van der Waals surface area contributed by atoms with E-state index < -0.39 is 0 Å². The van der Waals surface area contributed by atoms with Gasteiger partial charge in [0.2, 0.25) is 0 Å². The Kier molecular flexibility index (Phi) is 6.06. The Morgan fingerprint density at radius 1 is 0.548 bits per heavy atom. The summed E-state index contributed by atoms with van der Waals surface area (Å²) in [4.78, 5) is 0. The maximum atomic E-state index is 6.95. The van der Waals surface area contributed by atoms with Crippen LogP contribution in [0.1, 0.15) is 45.6 Å². The van der Waals surface area contributed by atoms with Crippen molar-refractivity contribution in [2.24, 2.45) is 0 Å². The number of nitrogen functional groups attached to an aromatic ring is 2. The summed E-state index contributed by atoms with van der Waals surface area (Å²) in [5, 5.41) is 0. The fourth-order valence-electron chi connectivity index (χ4n) is 4.04. The molecule has 0 spiro atoms. The van der Waals surface area contributed by atoms with Crippen LogP contribution < -0.4 is 11.5 Å². The molecule has 4 rings (SSSR count). The number of aryl methyl sites for hydroxylation is 2. The lowest BCUT2D eigenvalue weighted by Crippen LogP contribution is -2.15. The van der Waals surface area contributed by atoms with Crippen LogP contribution in [0.4, 0.5) is 11.4 Å². The van der Waals surface area contributed by atoms with Crippen molar-refractivity contribution >= 4 is 11.4 Å². The highest BCUT2D eigenvalue weighted by molar-refractivity contribution is 5.49. The van der Waals surface area contributed by atoms with Crippen molar-refractivity contribution in [1.82, 2.24) is 0 Å². The zero-order chi connectivity index (χ0) is 21.8. The maximum absolute atomic E-state index is 6.95. The van der Waals surface area contributed by atoms with E-state index in [4.69, 9.17) is 16.2 Å². The SMILES string of the molecule is Cc1cc(N)ccc1C(OC(c1ccccc1)c1ccc(N)cc1C)c1ccccc1. The summed E-state index contributed by atoms with van der Waals surface area (Å²) < 4.78 is 6.95. The Balaban J connectivity index is 1.84. The van der Waals surface area contributed by atoms with Gasteiger partial charge in [0.1, 0.15) is 12.2 Å². The molecule has 4 aromatic carbocycles. The molecular formula is C28H28N2O. The van der Waals surface area contributed by atoms with Crippen LogP contribution in [0.15, 0.2) is 97.1 Å². The van der Waals surface area contributed by atoms with Gasteiger partial charge in [-0.15, -0.1) is 0 Å². The standard InChI is InChI=1S/C28H28N2O/c1-19-17-23(29)13-15-25(19)27(21-9-5-3-6-10-21)31-28(22-11-7-4-8-12-22)26-16-14-24(30)18-20(26)2/h3-18,27-28H,29-30H2,1-2H3. The molecule has 4 aromatic rings. The van der Waals surface area contributed by atoms with E-state index in [1.54, 1.807) is 0 Å². The molecule has 0 aliphatic rings. The van der Waals surface area contributed by atoms with E-state index in [1.807, 2.05) is 60.7 Å². The molecule has 0 aliphatic heterocycles. The molecule has 0 amide bonds. The highest BCUT2D eigenvalue weighted by Crippen LogP contribution is 2.38. The van der Waals surface area contributed by atoms with E-state index in [1.165, 1.54) is 0 Å². The minimum absolute atomic E-state index is 0.246. The summed E-state index contributed by atoms with van der Waals surface area (Å²) >= 11 is 0.